The highest BCUT2D eigenvalue weighted by molar-refractivity contribution is 6.30. The molecule has 1 nitrogen and oxygen atoms in total. The third kappa shape index (κ3) is 4.12. The van der Waals surface area contributed by atoms with Crippen LogP contribution in [0.15, 0.2) is 60.2 Å². The van der Waals surface area contributed by atoms with Gasteiger partial charge in [0.2, 0.25) is 0 Å². The molecular formula is C18H13ClO. The molecule has 0 fully saturated rings. The molecule has 0 heterocycles. The van der Waals surface area contributed by atoms with E-state index in [2.05, 4.69) is 11.8 Å². The van der Waals surface area contributed by atoms with Crippen LogP contribution < -0.4 is 0 Å². The maximum Gasteiger partial charge on any atom is 0.168 e. The minimum Gasteiger partial charge on any atom is -0.294 e. The molecule has 2 heteroatoms. The second-order valence-electron chi connectivity index (χ2n) is 4.28. The zero-order chi connectivity index (χ0) is 14.4. The zero-order valence-corrected chi connectivity index (χ0v) is 11.8. The fourth-order valence-corrected chi connectivity index (χ4v) is 1.74. The molecule has 2 rings (SSSR count). The summed E-state index contributed by atoms with van der Waals surface area (Å²) in [5.74, 6) is 5.87. The van der Waals surface area contributed by atoms with Gasteiger partial charge in [0.25, 0.3) is 0 Å². The largest absolute Gasteiger partial charge is 0.294 e. The first-order valence-electron chi connectivity index (χ1n) is 6.20. The molecule has 2 aromatic rings. The number of benzene rings is 2. The Labute approximate surface area is 123 Å². The number of carbonyl (C=O) groups is 1. The smallest absolute Gasteiger partial charge is 0.168 e. The van der Waals surface area contributed by atoms with Crippen molar-refractivity contribution in [2.24, 2.45) is 0 Å². The van der Waals surface area contributed by atoms with Crippen molar-refractivity contribution in [3.05, 3.63) is 76.3 Å². The Kier molecular flexibility index (Phi) is 4.76. The Hall–Kier alpha value is -2.30. The minimum atomic E-state index is -0.0524. The molecule has 0 spiro atoms. The molecule has 0 radical (unpaired) electrons. The van der Waals surface area contributed by atoms with Crippen LogP contribution in [0, 0.1) is 11.8 Å². The van der Waals surface area contributed by atoms with Crippen molar-refractivity contribution in [3.63, 3.8) is 0 Å². The van der Waals surface area contributed by atoms with Crippen LogP contribution in [-0.2, 0) is 4.79 Å². The molecule has 0 atom stereocenters. The Bertz CT molecular complexity index is 686. The topological polar surface area (TPSA) is 17.1 Å². The first kappa shape index (κ1) is 14.1. The first-order valence-corrected chi connectivity index (χ1v) is 6.58. The van der Waals surface area contributed by atoms with Crippen LogP contribution in [0.4, 0.5) is 0 Å². The number of hydrogen-bond donors (Lipinski definition) is 0. The monoisotopic (exact) mass is 280 g/mol. The molecule has 2 aromatic carbocycles. The summed E-state index contributed by atoms with van der Waals surface area (Å²) in [6.45, 7) is 1.52. The van der Waals surface area contributed by atoms with Crippen LogP contribution in [0.2, 0.25) is 5.02 Å². The van der Waals surface area contributed by atoms with E-state index in [-0.39, 0.29) is 5.78 Å². The van der Waals surface area contributed by atoms with Crippen molar-refractivity contribution < 1.29 is 4.79 Å². The summed E-state index contributed by atoms with van der Waals surface area (Å²) in [6.07, 6.45) is 1.77. The van der Waals surface area contributed by atoms with Crippen molar-refractivity contribution in [1.29, 1.82) is 0 Å². The standard InChI is InChI=1S/C18H13ClO/c1-14(20)17(10-7-15-5-3-2-4-6-15)13-16-8-11-18(19)12-9-16/h2-6,8-9,11-13H,1H3/b17-13+. The van der Waals surface area contributed by atoms with E-state index < -0.39 is 0 Å². The van der Waals surface area contributed by atoms with E-state index in [0.717, 1.165) is 11.1 Å². The Balaban J connectivity index is 2.31. The molecule has 0 bridgehead atoms. The number of hydrogen-bond acceptors (Lipinski definition) is 1. The fourth-order valence-electron chi connectivity index (χ4n) is 1.61. The van der Waals surface area contributed by atoms with Crippen LogP contribution in [0.3, 0.4) is 0 Å². The lowest BCUT2D eigenvalue weighted by molar-refractivity contribution is -0.113. The van der Waals surface area contributed by atoms with Gasteiger partial charge in [-0.25, -0.2) is 0 Å². The fraction of sp³-hybridized carbons (Fsp3) is 0.0556. The summed E-state index contributed by atoms with van der Waals surface area (Å²) in [6, 6.07) is 16.9. The number of allylic oxidation sites excluding steroid dienone is 1. The highest BCUT2D eigenvalue weighted by atomic mass is 35.5. The molecule has 0 aliphatic heterocycles. The maximum atomic E-state index is 11.6. The number of halogens is 1. The summed E-state index contributed by atoms with van der Waals surface area (Å²) < 4.78 is 0. The Morgan fingerprint density at radius 1 is 1.05 bits per heavy atom. The third-order valence-electron chi connectivity index (χ3n) is 2.68. The molecule has 0 saturated carbocycles. The molecule has 0 aromatic heterocycles. The van der Waals surface area contributed by atoms with Crippen molar-refractivity contribution in [2.45, 2.75) is 6.92 Å². The quantitative estimate of drug-likeness (QED) is 0.590. The molecule has 0 unspecified atom stereocenters. The molecule has 0 saturated heterocycles. The second-order valence-corrected chi connectivity index (χ2v) is 4.72. The van der Waals surface area contributed by atoms with Crippen LogP contribution >= 0.6 is 11.6 Å². The van der Waals surface area contributed by atoms with Crippen LogP contribution in [0.25, 0.3) is 6.08 Å². The highest BCUT2D eigenvalue weighted by Crippen LogP contribution is 2.13. The molecule has 20 heavy (non-hydrogen) atoms. The lowest BCUT2D eigenvalue weighted by Gasteiger charge is -1.96. The van der Waals surface area contributed by atoms with Gasteiger partial charge in [0.15, 0.2) is 5.78 Å². The predicted molar refractivity (Wildman–Crippen MR) is 83.4 cm³/mol. The molecule has 0 N–H and O–H groups in total. The van der Waals surface area contributed by atoms with E-state index in [9.17, 15) is 4.79 Å². The van der Waals surface area contributed by atoms with E-state index >= 15 is 0 Å². The molecule has 0 aliphatic carbocycles. The van der Waals surface area contributed by atoms with Gasteiger partial charge in [-0.05, 0) is 42.8 Å². The summed E-state index contributed by atoms with van der Waals surface area (Å²) in [4.78, 5) is 11.6. The van der Waals surface area contributed by atoms with Crippen molar-refractivity contribution in [3.8, 4) is 11.8 Å². The molecule has 0 amide bonds. The number of rotatable bonds is 2. The zero-order valence-electron chi connectivity index (χ0n) is 11.1. The van der Waals surface area contributed by atoms with E-state index in [1.807, 2.05) is 42.5 Å². The maximum absolute atomic E-state index is 11.6. The van der Waals surface area contributed by atoms with Gasteiger partial charge in [0.1, 0.15) is 0 Å². The summed E-state index contributed by atoms with van der Waals surface area (Å²) in [5, 5.41) is 0.668. The van der Waals surface area contributed by atoms with E-state index in [4.69, 9.17) is 11.6 Å². The number of carbonyl (C=O) groups excluding carboxylic acids is 1. The summed E-state index contributed by atoms with van der Waals surface area (Å²) >= 11 is 5.84. The van der Waals surface area contributed by atoms with Gasteiger partial charge in [-0.2, -0.15) is 0 Å². The van der Waals surface area contributed by atoms with Crippen LogP contribution in [0.5, 0.6) is 0 Å². The van der Waals surface area contributed by atoms with Gasteiger partial charge in [-0.15, -0.1) is 0 Å². The van der Waals surface area contributed by atoms with Crippen molar-refractivity contribution in [2.75, 3.05) is 0 Å². The van der Waals surface area contributed by atoms with Gasteiger partial charge >= 0.3 is 0 Å². The molecule has 0 aliphatic rings. The van der Waals surface area contributed by atoms with Gasteiger partial charge in [0.05, 0.1) is 5.57 Å². The van der Waals surface area contributed by atoms with Crippen LogP contribution in [-0.4, -0.2) is 5.78 Å². The Morgan fingerprint density at radius 3 is 2.30 bits per heavy atom. The number of ketones is 1. The average Bonchev–Trinajstić information content (AvgIpc) is 2.46. The van der Waals surface area contributed by atoms with Gasteiger partial charge in [-0.3, -0.25) is 4.79 Å². The molecule has 98 valence electrons. The van der Waals surface area contributed by atoms with E-state index in [0.29, 0.717) is 10.6 Å². The van der Waals surface area contributed by atoms with Crippen molar-refractivity contribution in [1.82, 2.24) is 0 Å². The lowest BCUT2D eigenvalue weighted by atomic mass is 10.1. The van der Waals surface area contributed by atoms with E-state index in [1.54, 1.807) is 18.2 Å². The first-order chi connectivity index (χ1) is 9.65. The summed E-state index contributed by atoms with van der Waals surface area (Å²) in [7, 11) is 0. The van der Waals surface area contributed by atoms with Gasteiger partial charge in [0, 0.05) is 10.6 Å². The lowest BCUT2D eigenvalue weighted by Crippen LogP contribution is -1.93. The highest BCUT2D eigenvalue weighted by Gasteiger charge is 2.00. The SMILES string of the molecule is CC(=O)/C(C#Cc1ccccc1)=C/c1ccc(Cl)cc1. The normalized spacial score (nSPS) is 10.6. The van der Waals surface area contributed by atoms with Gasteiger partial charge in [-0.1, -0.05) is 53.8 Å². The minimum absolute atomic E-state index is 0.0524. The number of Topliss-reactive ketones (excluding diaryl/α,β-unsaturated/α-hetero) is 1. The van der Waals surface area contributed by atoms with E-state index in [1.165, 1.54) is 6.92 Å². The Morgan fingerprint density at radius 2 is 1.70 bits per heavy atom. The second kappa shape index (κ2) is 6.75. The third-order valence-corrected chi connectivity index (χ3v) is 2.93. The van der Waals surface area contributed by atoms with Crippen LogP contribution in [0.1, 0.15) is 18.1 Å². The average molecular weight is 281 g/mol. The van der Waals surface area contributed by atoms with Crippen molar-refractivity contribution >= 4 is 23.5 Å². The predicted octanol–water partition coefficient (Wildman–Crippen LogP) is 4.36. The summed E-state index contributed by atoms with van der Waals surface area (Å²) in [5.41, 5.74) is 2.27. The van der Waals surface area contributed by atoms with Gasteiger partial charge < -0.3 is 0 Å². The molecular weight excluding hydrogens is 268 g/mol.